The van der Waals surface area contributed by atoms with Crippen molar-refractivity contribution >= 4 is 17.4 Å². The fourth-order valence-electron chi connectivity index (χ4n) is 2.77. The Morgan fingerprint density at radius 1 is 1.13 bits per heavy atom. The van der Waals surface area contributed by atoms with Crippen LogP contribution in [0.5, 0.6) is 0 Å². The second-order valence-electron chi connectivity index (χ2n) is 5.93. The Balaban J connectivity index is 2.19. The lowest BCUT2D eigenvalue weighted by Gasteiger charge is -2.13. The van der Waals surface area contributed by atoms with Crippen molar-refractivity contribution in [2.75, 3.05) is 0 Å². The van der Waals surface area contributed by atoms with Crippen molar-refractivity contribution in [3.63, 3.8) is 0 Å². The highest BCUT2D eigenvalue weighted by atomic mass is 32.2. The molecular weight excluding hydrogens is 307 g/mol. The molecule has 0 radical (unpaired) electrons. The van der Waals surface area contributed by atoms with E-state index in [1.54, 1.807) is 22.2 Å². The number of rotatable bonds is 3. The minimum Gasteiger partial charge on any atom is -0.304 e. The summed E-state index contributed by atoms with van der Waals surface area (Å²) in [5.41, 5.74) is 5.40. The summed E-state index contributed by atoms with van der Waals surface area (Å²) >= 11 is 1.65. The minimum atomic E-state index is -0.301. The zero-order valence-corrected chi connectivity index (χ0v) is 14.6. The van der Waals surface area contributed by atoms with E-state index in [-0.39, 0.29) is 5.82 Å². The van der Waals surface area contributed by atoms with Crippen LogP contribution in [0.3, 0.4) is 0 Å². The van der Waals surface area contributed by atoms with E-state index in [9.17, 15) is 4.39 Å². The lowest BCUT2D eigenvalue weighted by molar-refractivity contribution is 0.630. The molecule has 118 valence electrons. The van der Waals surface area contributed by atoms with Gasteiger partial charge in [0, 0.05) is 22.9 Å². The van der Waals surface area contributed by atoms with Crippen molar-refractivity contribution in [3.8, 4) is 11.1 Å². The molecule has 23 heavy (non-hydrogen) atoms. The molecule has 0 unspecified atom stereocenters. The first-order valence-electron chi connectivity index (χ1n) is 7.45. The van der Waals surface area contributed by atoms with E-state index in [4.69, 9.17) is 0 Å². The van der Waals surface area contributed by atoms with Crippen LogP contribution in [0.15, 0.2) is 47.0 Å². The highest BCUT2D eigenvalue weighted by Crippen LogP contribution is 2.34. The van der Waals surface area contributed by atoms with Crippen LogP contribution in [-0.4, -0.2) is 9.38 Å². The first-order valence-corrected chi connectivity index (χ1v) is 8.26. The first-order chi connectivity index (χ1) is 10.8. The van der Waals surface area contributed by atoms with Crippen molar-refractivity contribution < 1.29 is 4.39 Å². The molecular formula is C19H19FN2S. The molecule has 0 fully saturated rings. The number of thioether (sulfide) groups is 1. The molecule has 0 spiro atoms. The summed E-state index contributed by atoms with van der Waals surface area (Å²) in [6.07, 6.45) is 3.78. The first kappa shape index (κ1) is 15.8. The smallest absolute Gasteiger partial charge is 0.173 e. The van der Waals surface area contributed by atoms with Crippen LogP contribution in [0.4, 0.5) is 4.39 Å². The molecule has 0 aliphatic heterocycles. The molecule has 0 aliphatic carbocycles. The number of aromatic nitrogens is 2. The third-order valence-electron chi connectivity index (χ3n) is 3.74. The molecule has 0 N–H and O–H groups in total. The topological polar surface area (TPSA) is 17.3 Å². The monoisotopic (exact) mass is 326 g/mol. The van der Waals surface area contributed by atoms with E-state index in [2.05, 4.69) is 37.5 Å². The second-order valence-corrected chi connectivity index (χ2v) is 7.27. The summed E-state index contributed by atoms with van der Waals surface area (Å²) in [6.45, 7) is 12.0. The lowest BCUT2D eigenvalue weighted by Crippen LogP contribution is -1.94. The molecule has 0 saturated heterocycles. The van der Waals surface area contributed by atoms with Crippen molar-refractivity contribution in [2.45, 2.75) is 32.6 Å². The van der Waals surface area contributed by atoms with Crippen LogP contribution < -0.4 is 0 Å². The Kier molecular flexibility index (Phi) is 4.02. The van der Waals surface area contributed by atoms with Gasteiger partial charge in [-0.1, -0.05) is 24.4 Å². The molecule has 2 heterocycles. The molecule has 3 aromatic rings. The van der Waals surface area contributed by atoms with Crippen LogP contribution in [0, 0.1) is 26.6 Å². The number of allylic oxidation sites excluding steroid dienone is 1. The number of aryl methyl sites for hydroxylation is 3. The average molecular weight is 326 g/mol. The summed E-state index contributed by atoms with van der Waals surface area (Å²) < 4.78 is 16.1. The van der Waals surface area contributed by atoms with Gasteiger partial charge in [0.1, 0.15) is 0 Å². The van der Waals surface area contributed by atoms with Gasteiger partial charge in [-0.15, -0.1) is 0 Å². The standard InChI is InChI=1S/C19H19FN2S/c1-11(2)23-18-8-16(12(3)6-13(18)4)15-7-17(20)19-21-14(5)9-22(19)10-15/h6-10H,1H2,2-5H3. The summed E-state index contributed by atoms with van der Waals surface area (Å²) in [6, 6.07) is 5.82. The van der Waals surface area contributed by atoms with E-state index in [0.29, 0.717) is 5.65 Å². The van der Waals surface area contributed by atoms with Gasteiger partial charge < -0.3 is 4.40 Å². The molecule has 0 bridgehead atoms. The number of hydrogen-bond donors (Lipinski definition) is 0. The zero-order valence-electron chi connectivity index (χ0n) is 13.8. The maximum Gasteiger partial charge on any atom is 0.173 e. The fourth-order valence-corrected chi connectivity index (χ4v) is 3.54. The Hall–Kier alpha value is -2.07. The lowest BCUT2D eigenvalue weighted by atomic mass is 10.00. The second kappa shape index (κ2) is 5.85. The van der Waals surface area contributed by atoms with E-state index in [0.717, 1.165) is 32.2 Å². The van der Waals surface area contributed by atoms with Gasteiger partial charge in [0.05, 0.1) is 5.69 Å². The van der Waals surface area contributed by atoms with Gasteiger partial charge in [-0.05, 0) is 61.4 Å². The molecule has 1 aromatic carbocycles. The summed E-state index contributed by atoms with van der Waals surface area (Å²) in [5.74, 6) is -0.301. The van der Waals surface area contributed by atoms with Gasteiger partial charge >= 0.3 is 0 Å². The Bertz CT molecular complexity index is 925. The van der Waals surface area contributed by atoms with Gasteiger partial charge in [-0.3, -0.25) is 0 Å². The number of benzene rings is 1. The van der Waals surface area contributed by atoms with Crippen LogP contribution in [0.2, 0.25) is 0 Å². The van der Waals surface area contributed by atoms with E-state index in [1.807, 2.05) is 26.2 Å². The largest absolute Gasteiger partial charge is 0.304 e. The van der Waals surface area contributed by atoms with Gasteiger partial charge in [-0.25, -0.2) is 9.37 Å². The average Bonchev–Trinajstić information content (AvgIpc) is 2.82. The number of imidazole rings is 1. The van der Waals surface area contributed by atoms with Crippen LogP contribution >= 0.6 is 11.8 Å². The molecule has 3 rings (SSSR count). The highest BCUT2D eigenvalue weighted by molar-refractivity contribution is 8.03. The van der Waals surface area contributed by atoms with Gasteiger partial charge in [0.15, 0.2) is 11.5 Å². The molecule has 2 nitrogen and oxygen atoms in total. The number of hydrogen-bond acceptors (Lipinski definition) is 2. The van der Waals surface area contributed by atoms with Gasteiger partial charge in [0.25, 0.3) is 0 Å². The van der Waals surface area contributed by atoms with Crippen molar-refractivity contribution in [2.24, 2.45) is 0 Å². The fraction of sp³-hybridized carbons (Fsp3) is 0.211. The van der Waals surface area contributed by atoms with Crippen LogP contribution in [0.25, 0.3) is 16.8 Å². The predicted octanol–water partition coefficient (Wildman–Crippen LogP) is 5.69. The van der Waals surface area contributed by atoms with Crippen LogP contribution in [0.1, 0.15) is 23.7 Å². The zero-order chi connectivity index (χ0) is 16.7. The molecule has 0 aliphatic rings. The molecule has 0 amide bonds. The number of halogens is 1. The number of pyridine rings is 1. The molecule has 4 heteroatoms. The normalized spacial score (nSPS) is 11.2. The number of nitrogens with zero attached hydrogens (tertiary/aromatic N) is 2. The SMILES string of the molecule is C=C(C)Sc1cc(-c2cc(F)c3nc(C)cn3c2)c(C)cc1C. The molecule has 0 saturated carbocycles. The molecule has 0 atom stereocenters. The van der Waals surface area contributed by atoms with Crippen molar-refractivity contribution in [1.82, 2.24) is 9.38 Å². The maximum absolute atomic E-state index is 14.4. The van der Waals surface area contributed by atoms with Gasteiger partial charge in [-0.2, -0.15) is 0 Å². The van der Waals surface area contributed by atoms with E-state index in [1.165, 1.54) is 5.56 Å². The van der Waals surface area contributed by atoms with Crippen molar-refractivity contribution in [3.05, 3.63) is 64.7 Å². The highest BCUT2D eigenvalue weighted by Gasteiger charge is 2.12. The van der Waals surface area contributed by atoms with Crippen molar-refractivity contribution in [1.29, 1.82) is 0 Å². The summed E-state index contributed by atoms with van der Waals surface area (Å²) in [7, 11) is 0. The van der Waals surface area contributed by atoms with E-state index < -0.39 is 0 Å². The summed E-state index contributed by atoms with van der Waals surface area (Å²) in [5, 5.41) is 0. The quantitative estimate of drug-likeness (QED) is 0.575. The third kappa shape index (κ3) is 3.04. The predicted molar refractivity (Wildman–Crippen MR) is 95.5 cm³/mol. The Labute approximate surface area is 140 Å². The summed E-state index contributed by atoms with van der Waals surface area (Å²) in [4.78, 5) is 6.40. The molecule has 2 aromatic heterocycles. The Morgan fingerprint density at radius 2 is 1.87 bits per heavy atom. The Morgan fingerprint density at radius 3 is 2.57 bits per heavy atom. The maximum atomic E-state index is 14.4. The van der Waals surface area contributed by atoms with Crippen LogP contribution in [-0.2, 0) is 0 Å². The third-order valence-corrected chi connectivity index (χ3v) is 4.75. The van der Waals surface area contributed by atoms with Gasteiger partial charge in [0.2, 0.25) is 0 Å². The minimum absolute atomic E-state index is 0.301. The number of fused-ring (bicyclic) bond motifs is 1. The van der Waals surface area contributed by atoms with E-state index >= 15 is 0 Å².